The number of carbonyl (C=O) groups excluding carboxylic acids is 1. The highest BCUT2D eigenvalue weighted by molar-refractivity contribution is 6.30. The summed E-state index contributed by atoms with van der Waals surface area (Å²) >= 11 is 6.02. The van der Waals surface area contributed by atoms with Crippen molar-refractivity contribution in [3.8, 4) is 11.5 Å². The number of benzene rings is 3. The minimum atomic E-state index is -0.121. The zero-order chi connectivity index (χ0) is 21.8. The lowest BCUT2D eigenvalue weighted by Crippen LogP contribution is -2.21. The van der Waals surface area contributed by atoms with Gasteiger partial charge in [0.2, 0.25) is 5.78 Å². The molecule has 0 spiro atoms. The summed E-state index contributed by atoms with van der Waals surface area (Å²) in [7, 11) is 0. The van der Waals surface area contributed by atoms with Crippen LogP contribution in [0.4, 0.5) is 5.69 Å². The Morgan fingerprint density at radius 3 is 2.48 bits per heavy atom. The Bertz CT molecular complexity index is 1120. The molecule has 0 saturated heterocycles. The Kier molecular flexibility index (Phi) is 6.28. The average Bonchev–Trinajstić information content (AvgIpc) is 3.09. The van der Waals surface area contributed by atoms with E-state index in [4.69, 9.17) is 21.1 Å². The zero-order valence-electron chi connectivity index (χ0n) is 17.6. The van der Waals surface area contributed by atoms with E-state index in [1.807, 2.05) is 36.4 Å². The van der Waals surface area contributed by atoms with Crippen molar-refractivity contribution in [2.75, 3.05) is 18.0 Å². The quantitative estimate of drug-likeness (QED) is 0.405. The molecule has 4 rings (SSSR count). The van der Waals surface area contributed by atoms with Crippen LogP contribution < -0.4 is 14.4 Å². The second-order valence-corrected chi connectivity index (χ2v) is 7.72. The van der Waals surface area contributed by atoms with Crippen LogP contribution in [0.25, 0.3) is 6.08 Å². The van der Waals surface area contributed by atoms with Crippen molar-refractivity contribution in [1.82, 2.24) is 0 Å². The molecule has 1 aliphatic rings. The van der Waals surface area contributed by atoms with Crippen molar-refractivity contribution in [1.29, 1.82) is 0 Å². The number of rotatable bonds is 7. The number of nitrogens with zero attached hydrogens (tertiary/aromatic N) is 1. The number of Topliss-reactive ketones (excluding diaryl/α,β-unsaturated/α-hetero) is 1. The predicted molar refractivity (Wildman–Crippen MR) is 125 cm³/mol. The topological polar surface area (TPSA) is 38.8 Å². The molecule has 31 heavy (non-hydrogen) atoms. The number of fused-ring (bicyclic) bond motifs is 1. The van der Waals surface area contributed by atoms with Crippen molar-refractivity contribution >= 4 is 29.1 Å². The fourth-order valence-electron chi connectivity index (χ4n) is 3.57. The van der Waals surface area contributed by atoms with Crippen LogP contribution >= 0.6 is 11.6 Å². The van der Waals surface area contributed by atoms with Gasteiger partial charge in [-0.2, -0.15) is 0 Å². The van der Waals surface area contributed by atoms with E-state index in [-0.39, 0.29) is 5.78 Å². The largest absolute Gasteiger partial charge is 0.489 e. The number of ketones is 1. The third-order valence-corrected chi connectivity index (χ3v) is 5.49. The maximum absolute atomic E-state index is 12.7. The minimum absolute atomic E-state index is 0.121. The number of hydrogen-bond donors (Lipinski definition) is 0. The number of halogens is 1. The molecule has 0 bridgehead atoms. The molecular weight excluding hydrogens is 410 g/mol. The van der Waals surface area contributed by atoms with Crippen LogP contribution in [0.2, 0.25) is 5.02 Å². The summed E-state index contributed by atoms with van der Waals surface area (Å²) in [6.45, 7) is 6.56. The first-order chi connectivity index (χ1) is 15.1. The first kappa shape index (κ1) is 21.0. The first-order valence-electron chi connectivity index (χ1n) is 10.4. The van der Waals surface area contributed by atoms with Gasteiger partial charge in [-0.05, 0) is 67.4 Å². The van der Waals surface area contributed by atoms with Crippen LogP contribution in [0.5, 0.6) is 11.5 Å². The van der Waals surface area contributed by atoms with E-state index in [2.05, 4.69) is 30.9 Å². The smallest absolute Gasteiger partial charge is 0.231 e. The van der Waals surface area contributed by atoms with E-state index in [1.165, 1.54) is 0 Å². The lowest BCUT2D eigenvalue weighted by Gasteiger charge is -2.20. The molecule has 4 nitrogen and oxygen atoms in total. The Morgan fingerprint density at radius 1 is 1.00 bits per heavy atom. The highest BCUT2D eigenvalue weighted by Crippen LogP contribution is 2.35. The number of ether oxygens (including phenoxy) is 2. The second kappa shape index (κ2) is 9.27. The van der Waals surface area contributed by atoms with Gasteiger partial charge in [0.25, 0.3) is 0 Å². The number of anilines is 1. The molecule has 0 aliphatic carbocycles. The van der Waals surface area contributed by atoms with Gasteiger partial charge >= 0.3 is 0 Å². The van der Waals surface area contributed by atoms with Gasteiger partial charge < -0.3 is 14.4 Å². The number of hydrogen-bond acceptors (Lipinski definition) is 4. The normalized spacial score (nSPS) is 13.8. The number of carbonyl (C=O) groups is 1. The van der Waals surface area contributed by atoms with Gasteiger partial charge in [0, 0.05) is 29.9 Å². The summed E-state index contributed by atoms with van der Waals surface area (Å²) in [6.07, 6.45) is 1.78. The van der Waals surface area contributed by atoms with Crippen molar-refractivity contribution in [3.05, 3.63) is 94.2 Å². The van der Waals surface area contributed by atoms with E-state index >= 15 is 0 Å². The van der Waals surface area contributed by atoms with Crippen molar-refractivity contribution < 1.29 is 14.3 Å². The molecule has 0 amide bonds. The molecule has 0 saturated carbocycles. The molecule has 0 aromatic heterocycles. The van der Waals surface area contributed by atoms with Gasteiger partial charge in [0.1, 0.15) is 18.1 Å². The Morgan fingerprint density at radius 2 is 1.77 bits per heavy atom. The lowest BCUT2D eigenvalue weighted by molar-refractivity contribution is 0.101. The molecule has 0 radical (unpaired) electrons. The van der Waals surface area contributed by atoms with Crippen molar-refractivity contribution in [2.45, 2.75) is 20.5 Å². The van der Waals surface area contributed by atoms with Gasteiger partial charge in [-0.25, -0.2) is 0 Å². The summed E-state index contributed by atoms with van der Waals surface area (Å²) in [6, 6.07) is 20.9. The summed E-state index contributed by atoms with van der Waals surface area (Å²) in [5, 5.41) is 0.670. The SMILES string of the molecule is CCN(CC)c1ccc(/C=C2\Oc3cc(OCc4cccc(Cl)c4)ccc3C2=O)cc1. The Hall–Kier alpha value is -3.24. The van der Waals surface area contributed by atoms with Gasteiger partial charge in [0.05, 0.1) is 5.56 Å². The highest BCUT2D eigenvalue weighted by Gasteiger charge is 2.27. The third kappa shape index (κ3) is 4.75. The zero-order valence-corrected chi connectivity index (χ0v) is 18.4. The predicted octanol–water partition coefficient (Wildman–Crippen LogP) is 6.38. The monoisotopic (exact) mass is 433 g/mol. The summed E-state index contributed by atoms with van der Waals surface area (Å²) in [4.78, 5) is 15.0. The van der Waals surface area contributed by atoms with E-state index in [9.17, 15) is 4.79 Å². The fraction of sp³-hybridized carbons (Fsp3) is 0.192. The molecule has 3 aromatic carbocycles. The summed E-state index contributed by atoms with van der Waals surface area (Å²) in [5.41, 5.74) is 3.60. The summed E-state index contributed by atoms with van der Waals surface area (Å²) in [5.74, 6) is 1.35. The van der Waals surface area contributed by atoms with Crippen LogP contribution in [0.3, 0.4) is 0 Å². The average molecular weight is 434 g/mol. The van der Waals surface area contributed by atoms with Gasteiger partial charge in [-0.3, -0.25) is 4.79 Å². The Labute approximate surface area is 187 Å². The minimum Gasteiger partial charge on any atom is -0.489 e. The van der Waals surface area contributed by atoms with E-state index in [0.29, 0.717) is 34.5 Å². The number of allylic oxidation sites excluding steroid dienone is 1. The third-order valence-electron chi connectivity index (χ3n) is 5.26. The Balaban J connectivity index is 1.47. The second-order valence-electron chi connectivity index (χ2n) is 7.28. The first-order valence-corrected chi connectivity index (χ1v) is 10.8. The van der Waals surface area contributed by atoms with E-state index in [1.54, 1.807) is 24.3 Å². The van der Waals surface area contributed by atoms with Crippen LogP contribution in [-0.2, 0) is 6.61 Å². The van der Waals surface area contributed by atoms with E-state index in [0.717, 1.165) is 29.9 Å². The fourth-order valence-corrected chi connectivity index (χ4v) is 3.78. The molecule has 0 fully saturated rings. The molecule has 1 heterocycles. The molecule has 0 unspecified atom stereocenters. The van der Waals surface area contributed by atoms with Crippen LogP contribution in [-0.4, -0.2) is 18.9 Å². The molecule has 3 aromatic rings. The maximum atomic E-state index is 12.7. The van der Waals surface area contributed by atoms with Crippen LogP contribution in [0, 0.1) is 0 Å². The van der Waals surface area contributed by atoms with Crippen molar-refractivity contribution in [3.63, 3.8) is 0 Å². The molecule has 0 atom stereocenters. The van der Waals surface area contributed by atoms with Crippen LogP contribution in [0.15, 0.2) is 72.5 Å². The van der Waals surface area contributed by atoms with E-state index < -0.39 is 0 Å². The van der Waals surface area contributed by atoms with Gasteiger partial charge in [-0.1, -0.05) is 35.9 Å². The van der Waals surface area contributed by atoms with Gasteiger partial charge in [-0.15, -0.1) is 0 Å². The molecule has 5 heteroatoms. The molecule has 158 valence electrons. The highest BCUT2D eigenvalue weighted by atomic mass is 35.5. The molecule has 0 N–H and O–H groups in total. The lowest BCUT2D eigenvalue weighted by atomic mass is 10.1. The van der Waals surface area contributed by atoms with Crippen LogP contribution in [0.1, 0.15) is 35.3 Å². The molecule has 1 aliphatic heterocycles. The molecular formula is C26H24ClNO3. The van der Waals surface area contributed by atoms with Gasteiger partial charge in [0.15, 0.2) is 5.76 Å². The summed E-state index contributed by atoms with van der Waals surface area (Å²) < 4.78 is 11.7. The standard InChI is InChI=1S/C26H24ClNO3/c1-3-28(4-2)21-10-8-18(9-11-21)15-25-26(29)23-13-12-22(16-24(23)31-25)30-17-19-6-5-7-20(27)14-19/h5-16H,3-4,17H2,1-2H3/b25-15-. The maximum Gasteiger partial charge on any atom is 0.231 e. The van der Waals surface area contributed by atoms with Crippen molar-refractivity contribution in [2.24, 2.45) is 0 Å².